The summed E-state index contributed by atoms with van der Waals surface area (Å²) in [6.45, 7) is 2.68. The fourth-order valence-corrected chi connectivity index (χ4v) is 1.96. The van der Waals surface area contributed by atoms with E-state index in [9.17, 15) is 0 Å². The summed E-state index contributed by atoms with van der Waals surface area (Å²) < 4.78 is 0. The maximum Gasteiger partial charge on any atom is 0.0601 e. The first-order chi connectivity index (χ1) is 6.81. The number of fused-ring (bicyclic) bond motifs is 1. The second-order valence-corrected chi connectivity index (χ2v) is 3.65. The fourth-order valence-electron chi connectivity index (χ4n) is 1.96. The van der Waals surface area contributed by atoms with Crippen LogP contribution >= 0.6 is 0 Å². The Labute approximate surface area is 84.7 Å². The molecule has 2 N–H and O–H groups in total. The third-order valence-corrected chi connectivity index (χ3v) is 2.70. The van der Waals surface area contributed by atoms with E-state index in [0.29, 0.717) is 0 Å². The Balaban J connectivity index is 2.24. The summed E-state index contributed by atoms with van der Waals surface area (Å²) in [7, 11) is 0. The van der Waals surface area contributed by atoms with E-state index in [0.717, 1.165) is 31.7 Å². The van der Waals surface area contributed by atoms with Gasteiger partial charge in [0.05, 0.1) is 6.54 Å². The second-order valence-electron chi connectivity index (χ2n) is 3.65. The van der Waals surface area contributed by atoms with Gasteiger partial charge in [-0.2, -0.15) is 0 Å². The van der Waals surface area contributed by atoms with Crippen LogP contribution in [-0.2, 0) is 13.0 Å². The van der Waals surface area contributed by atoms with Crippen molar-refractivity contribution in [1.29, 1.82) is 0 Å². The highest BCUT2D eigenvalue weighted by Crippen LogP contribution is 2.23. The van der Waals surface area contributed by atoms with E-state index in [2.05, 4.69) is 16.9 Å². The summed E-state index contributed by atoms with van der Waals surface area (Å²) >= 11 is 0. The number of nitrogens with zero attached hydrogens (tertiary/aromatic N) is 1. The standard InChI is InChI=1S/C12H14N2/c1-2-7-14-8-6-11-10(9-14)4-3-5-12(11)13/h1,3-5H,6-9,13H2. The van der Waals surface area contributed by atoms with Gasteiger partial charge >= 0.3 is 0 Å². The molecule has 0 aliphatic carbocycles. The Hall–Kier alpha value is -1.46. The van der Waals surface area contributed by atoms with Crippen LogP contribution in [0.2, 0.25) is 0 Å². The van der Waals surface area contributed by atoms with Crippen LogP contribution in [-0.4, -0.2) is 18.0 Å². The molecule has 0 atom stereocenters. The molecule has 2 nitrogen and oxygen atoms in total. The average molecular weight is 186 g/mol. The number of anilines is 1. The van der Waals surface area contributed by atoms with Crippen molar-refractivity contribution in [2.24, 2.45) is 0 Å². The summed E-state index contributed by atoms with van der Waals surface area (Å²) in [4.78, 5) is 2.27. The molecule has 0 radical (unpaired) electrons. The van der Waals surface area contributed by atoms with Crippen molar-refractivity contribution in [3.8, 4) is 12.3 Å². The van der Waals surface area contributed by atoms with E-state index >= 15 is 0 Å². The summed E-state index contributed by atoms with van der Waals surface area (Å²) in [5, 5.41) is 0. The number of benzene rings is 1. The molecule has 0 bridgehead atoms. The minimum Gasteiger partial charge on any atom is -0.398 e. The first-order valence-corrected chi connectivity index (χ1v) is 4.83. The van der Waals surface area contributed by atoms with Gasteiger partial charge in [-0.25, -0.2) is 0 Å². The van der Waals surface area contributed by atoms with Crippen LogP contribution in [0, 0.1) is 12.3 Å². The lowest BCUT2D eigenvalue weighted by molar-refractivity contribution is 0.286. The fraction of sp³-hybridized carbons (Fsp3) is 0.333. The van der Waals surface area contributed by atoms with E-state index < -0.39 is 0 Å². The molecule has 2 rings (SSSR count). The minimum atomic E-state index is 0.730. The van der Waals surface area contributed by atoms with Crippen molar-refractivity contribution >= 4 is 5.69 Å². The highest BCUT2D eigenvalue weighted by atomic mass is 15.1. The van der Waals surface area contributed by atoms with Crippen LogP contribution in [0.25, 0.3) is 0 Å². The third-order valence-electron chi connectivity index (χ3n) is 2.70. The zero-order chi connectivity index (χ0) is 9.97. The van der Waals surface area contributed by atoms with E-state index in [1.54, 1.807) is 0 Å². The normalized spacial score (nSPS) is 15.9. The van der Waals surface area contributed by atoms with E-state index in [4.69, 9.17) is 12.2 Å². The van der Waals surface area contributed by atoms with Crippen LogP contribution in [0.1, 0.15) is 11.1 Å². The Kier molecular flexibility index (Phi) is 2.43. The van der Waals surface area contributed by atoms with Gasteiger partial charge in [0.25, 0.3) is 0 Å². The molecule has 0 spiro atoms. The van der Waals surface area contributed by atoms with Gasteiger partial charge < -0.3 is 5.73 Å². The number of nitrogen functional groups attached to an aromatic ring is 1. The van der Waals surface area contributed by atoms with Crippen LogP contribution in [0.15, 0.2) is 18.2 Å². The van der Waals surface area contributed by atoms with Crippen LogP contribution in [0.5, 0.6) is 0 Å². The lowest BCUT2D eigenvalue weighted by Gasteiger charge is -2.27. The molecule has 1 heterocycles. The quantitative estimate of drug-likeness (QED) is 0.528. The number of rotatable bonds is 1. The van der Waals surface area contributed by atoms with Crippen LogP contribution < -0.4 is 5.73 Å². The van der Waals surface area contributed by atoms with Gasteiger partial charge in [0.2, 0.25) is 0 Å². The number of hydrogen-bond donors (Lipinski definition) is 1. The van der Waals surface area contributed by atoms with Gasteiger partial charge in [0.15, 0.2) is 0 Å². The predicted octanol–water partition coefficient (Wildman–Crippen LogP) is 1.26. The molecule has 0 saturated carbocycles. The first kappa shape index (κ1) is 9.11. The van der Waals surface area contributed by atoms with Crippen molar-refractivity contribution in [2.45, 2.75) is 13.0 Å². The topological polar surface area (TPSA) is 29.3 Å². The Morgan fingerprint density at radius 2 is 2.36 bits per heavy atom. The smallest absolute Gasteiger partial charge is 0.0601 e. The number of nitrogens with two attached hydrogens (primary N) is 1. The molecule has 0 amide bonds. The second kappa shape index (κ2) is 3.73. The van der Waals surface area contributed by atoms with Gasteiger partial charge in [-0.1, -0.05) is 18.1 Å². The molecule has 0 fully saturated rings. The molecule has 14 heavy (non-hydrogen) atoms. The van der Waals surface area contributed by atoms with Gasteiger partial charge in [0.1, 0.15) is 0 Å². The summed E-state index contributed by atoms with van der Waals surface area (Å²) in [5.74, 6) is 2.68. The monoisotopic (exact) mass is 186 g/mol. The molecular weight excluding hydrogens is 172 g/mol. The maximum atomic E-state index is 5.90. The third kappa shape index (κ3) is 1.59. The zero-order valence-corrected chi connectivity index (χ0v) is 8.16. The molecule has 72 valence electrons. The van der Waals surface area contributed by atoms with Gasteiger partial charge in [-0.3, -0.25) is 4.90 Å². The molecule has 0 saturated heterocycles. The SMILES string of the molecule is C#CCN1CCc2c(N)cccc2C1. The largest absolute Gasteiger partial charge is 0.398 e. The first-order valence-electron chi connectivity index (χ1n) is 4.83. The molecule has 1 aliphatic rings. The molecule has 0 aromatic heterocycles. The molecular formula is C12H14N2. The number of terminal acetylenes is 1. The molecule has 1 aromatic rings. The van der Waals surface area contributed by atoms with Gasteiger partial charge in [-0.15, -0.1) is 6.42 Å². The lowest BCUT2D eigenvalue weighted by Crippen LogP contribution is -2.31. The van der Waals surface area contributed by atoms with E-state index in [1.807, 2.05) is 12.1 Å². The van der Waals surface area contributed by atoms with Crippen LogP contribution in [0.4, 0.5) is 5.69 Å². The van der Waals surface area contributed by atoms with Crippen molar-refractivity contribution in [2.75, 3.05) is 18.8 Å². The number of hydrogen-bond acceptors (Lipinski definition) is 2. The van der Waals surface area contributed by atoms with Gasteiger partial charge in [-0.05, 0) is 23.6 Å². The highest BCUT2D eigenvalue weighted by molar-refractivity contribution is 5.51. The molecule has 1 aliphatic heterocycles. The average Bonchev–Trinajstić information content (AvgIpc) is 2.18. The molecule has 1 aromatic carbocycles. The van der Waals surface area contributed by atoms with Crippen molar-refractivity contribution in [3.05, 3.63) is 29.3 Å². The van der Waals surface area contributed by atoms with Crippen LogP contribution in [0.3, 0.4) is 0 Å². The van der Waals surface area contributed by atoms with E-state index in [1.165, 1.54) is 11.1 Å². The Morgan fingerprint density at radius 3 is 3.14 bits per heavy atom. The molecule has 2 heteroatoms. The predicted molar refractivity (Wildman–Crippen MR) is 58.7 cm³/mol. The summed E-state index contributed by atoms with van der Waals surface area (Å²) in [6, 6.07) is 6.11. The van der Waals surface area contributed by atoms with Crippen molar-refractivity contribution in [3.63, 3.8) is 0 Å². The Bertz CT molecular complexity index is 376. The minimum absolute atomic E-state index is 0.730. The summed E-state index contributed by atoms with van der Waals surface area (Å²) in [5.41, 5.74) is 9.45. The lowest BCUT2D eigenvalue weighted by atomic mass is 9.98. The summed E-state index contributed by atoms with van der Waals surface area (Å²) in [6.07, 6.45) is 6.31. The van der Waals surface area contributed by atoms with Gasteiger partial charge in [0, 0.05) is 18.8 Å². The highest BCUT2D eigenvalue weighted by Gasteiger charge is 2.16. The van der Waals surface area contributed by atoms with Crippen molar-refractivity contribution < 1.29 is 0 Å². The Morgan fingerprint density at radius 1 is 1.50 bits per heavy atom. The van der Waals surface area contributed by atoms with Crippen molar-refractivity contribution in [1.82, 2.24) is 4.90 Å². The van der Waals surface area contributed by atoms with E-state index in [-0.39, 0.29) is 0 Å². The molecule has 0 unspecified atom stereocenters. The maximum absolute atomic E-state index is 5.90. The zero-order valence-electron chi connectivity index (χ0n) is 8.16.